The van der Waals surface area contributed by atoms with E-state index in [1.165, 1.54) is 0 Å². The predicted octanol–water partition coefficient (Wildman–Crippen LogP) is 4.87. The normalized spacial score (nSPS) is 10.6. The summed E-state index contributed by atoms with van der Waals surface area (Å²) in [4.78, 5) is 0. The molecule has 0 amide bonds. The van der Waals surface area contributed by atoms with E-state index in [2.05, 4.69) is 33.1 Å². The van der Waals surface area contributed by atoms with Crippen LogP contribution in [0.1, 0.15) is 19.2 Å². The summed E-state index contributed by atoms with van der Waals surface area (Å²) in [5, 5.41) is 8.08. The second kappa shape index (κ2) is 7.97. The van der Waals surface area contributed by atoms with E-state index < -0.39 is 0 Å². The summed E-state index contributed by atoms with van der Waals surface area (Å²) >= 11 is 3.40. The third kappa shape index (κ3) is 4.14. The summed E-state index contributed by atoms with van der Waals surface area (Å²) in [5.74, 6) is 2.26. The van der Waals surface area contributed by atoms with Crippen LogP contribution in [0.5, 0.6) is 11.5 Å². The van der Waals surface area contributed by atoms with E-state index in [9.17, 15) is 0 Å². The van der Waals surface area contributed by atoms with E-state index >= 15 is 0 Å². The number of ether oxygens (including phenoxy) is 2. The molecule has 0 aliphatic rings. The van der Waals surface area contributed by atoms with E-state index in [4.69, 9.17) is 13.9 Å². The molecular weight excluding hydrogens is 372 g/mol. The SMILES string of the molecule is CCCOc1ccccc1OCc1nnc(-c2ccc(Br)cc2)o1. The third-order valence-corrected chi connectivity index (χ3v) is 3.75. The molecule has 0 saturated heterocycles. The van der Waals surface area contributed by atoms with Gasteiger partial charge in [-0.05, 0) is 42.8 Å². The third-order valence-electron chi connectivity index (χ3n) is 3.22. The van der Waals surface area contributed by atoms with Crippen molar-refractivity contribution < 1.29 is 13.9 Å². The first-order chi connectivity index (χ1) is 11.8. The highest BCUT2D eigenvalue weighted by molar-refractivity contribution is 9.10. The molecule has 0 bridgehead atoms. The van der Waals surface area contributed by atoms with Crippen LogP contribution in [-0.2, 0) is 6.61 Å². The molecule has 124 valence electrons. The number of hydrogen-bond acceptors (Lipinski definition) is 5. The van der Waals surface area contributed by atoms with Gasteiger partial charge in [-0.3, -0.25) is 0 Å². The van der Waals surface area contributed by atoms with Crippen molar-refractivity contribution in [3.63, 3.8) is 0 Å². The van der Waals surface area contributed by atoms with Crippen molar-refractivity contribution in [1.82, 2.24) is 10.2 Å². The van der Waals surface area contributed by atoms with Crippen LogP contribution >= 0.6 is 15.9 Å². The summed E-state index contributed by atoms with van der Waals surface area (Å²) in [6, 6.07) is 15.2. The van der Waals surface area contributed by atoms with Crippen LogP contribution in [0.4, 0.5) is 0 Å². The first-order valence-corrected chi connectivity index (χ1v) is 8.48. The minimum atomic E-state index is 0.191. The van der Waals surface area contributed by atoms with E-state index in [0.29, 0.717) is 29.9 Å². The van der Waals surface area contributed by atoms with E-state index in [-0.39, 0.29) is 6.61 Å². The Morgan fingerprint density at radius 1 is 0.958 bits per heavy atom. The van der Waals surface area contributed by atoms with Crippen molar-refractivity contribution >= 4 is 15.9 Å². The van der Waals surface area contributed by atoms with Crippen LogP contribution in [0.25, 0.3) is 11.5 Å². The van der Waals surface area contributed by atoms with Crippen LogP contribution in [0.3, 0.4) is 0 Å². The molecule has 0 saturated carbocycles. The summed E-state index contributed by atoms with van der Waals surface area (Å²) in [6.07, 6.45) is 0.939. The minimum absolute atomic E-state index is 0.191. The smallest absolute Gasteiger partial charge is 0.254 e. The van der Waals surface area contributed by atoms with Crippen LogP contribution < -0.4 is 9.47 Å². The highest BCUT2D eigenvalue weighted by Crippen LogP contribution is 2.27. The van der Waals surface area contributed by atoms with E-state index in [0.717, 1.165) is 16.5 Å². The zero-order valence-electron chi connectivity index (χ0n) is 13.2. The van der Waals surface area contributed by atoms with Crippen LogP contribution in [0, 0.1) is 0 Å². The molecule has 1 aromatic heterocycles. The summed E-state index contributed by atoms with van der Waals surface area (Å²) < 4.78 is 18.1. The molecule has 5 nitrogen and oxygen atoms in total. The monoisotopic (exact) mass is 388 g/mol. The average molecular weight is 389 g/mol. The first kappa shape index (κ1) is 16.5. The fourth-order valence-electron chi connectivity index (χ4n) is 2.06. The minimum Gasteiger partial charge on any atom is -0.490 e. The summed E-state index contributed by atoms with van der Waals surface area (Å²) in [7, 11) is 0. The summed E-state index contributed by atoms with van der Waals surface area (Å²) in [5.41, 5.74) is 0.864. The number of benzene rings is 2. The van der Waals surface area contributed by atoms with Gasteiger partial charge in [0.05, 0.1) is 6.61 Å². The van der Waals surface area contributed by atoms with Gasteiger partial charge < -0.3 is 13.9 Å². The topological polar surface area (TPSA) is 57.4 Å². The molecule has 0 N–H and O–H groups in total. The van der Waals surface area contributed by atoms with Crippen molar-refractivity contribution in [2.45, 2.75) is 20.0 Å². The standard InChI is InChI=1S/C18H17BrN2O3/c1-2-11-22-15-5-3-4-6-16(15)23-12-17-20-21-18(24-17)13-7-9-14(19)10-8-13/h3-10H,2,11-12H2,1H3. The van der Waals surface area contributed by atoms with Crippen molar-refractivity contribution in [2.75, 3.05) is 6.61 Å². The molecule has 0 aliphatic carbocycles. The molecule has 0 unspecified atom stereocenters. The number of nitrogens with zero attached hydrogens (tertiary/aromatic N) is 2. The second-order valence-electron chi connectivity index (χ2n) is 5.09. The highest BCUT2D eigenvalue weighted by Gasteiger charge is 2.10. The molecular formula is C18H17BrN2O3. The highest BCUT2D eigenvalue weighted by atomic mass is 79.9. The van der Waals surface area contributed by atoms with E-state index in [1.54, 1.807) is 0 Å². The maximum absolute atomic E-state index is 5.76. The Bertz CT molecular complexity index is 787. The summed E-state index contributed by atoms with van der Waals surface area (Å²) in [6.45, 7) is 2.90. The molecule has 0 atom stereocenters. The van der Waals surface area contributed by atoms with Crippen LogP contribution in [-0.4, -0.2) is 16.8 Å². The molecule has 24 heavy (non-hydrogen) atoms. The van der Waals surface area contributed by atoms with Gasteiger partial charge in [-0.1, -0.05) is 35.0 Å². The number of aromatic nitrogens is 2. The van der Waals surface area contributed by atoms with Crippen molar-refractivity contribution in [3.8, 4) is 23.0 Å². The lowest BCUT2D eigenvalue weighted by molar-refractivity contribution is 0.239. The molecule has 1 heterocycles. The molecule has 0 spiro atoms. The van der Waals surface area contributed by atoms with Crippen LogP contribution in [0.2, 0.25) is 0 Å². The average Bonchev–Trinajstić information content (AvgIpc) is 3.08. The van der Waals surface area contributed by atoms with Crippen molar-refractivity contribution in [1.29, 1.82) is 0 Å². The molecule has 3 aromatic rings. The molecule has 6 heteroatoms. The van der Waals surface area contributed by atoms with Gasteiger partial charge in [0.1, 0.15) is 0 Å². The van der Waals surface area contributed by atoms with Gasteiger partial charge >= 0.3 is 0 Å². The molecule has 0 fully saturated rings. The zero-order chi connectivity index (χ0) is 16.8. The number of halogens is 1. The Hall–Kier alpha value is -2.34. The quantitative estimate of drug-likeness (QED) is 0.577. The molecule has 0 radical (unpaired) electrons. The Balaban J connectivity index is 1.66. The van der Waals surface area contributed by atoms with Gasteiger partial charge in [-0.25, -0.2) is 0 Å². The zero-order valence-corrected chi connectivity index (χ0v) is 14.8. The largest absolute Gasteiger partial charge is 0.490 e. The van der Waals surface area contributed by atoms with Gasteiger partial charge in [-0.15, -0.1) is 10.2 Å². The lowest BCUT2D eigenvalue weighted by atomic mass is 10.2. The Morgan fingerprint density at radius 3 is 2.38 bits per heavy atom. The lowest BCUT2D eigenvalue weighted by Crippen LogP contribution is -2.00. The lowest BCUT2D eigenvalue weighted by Gasteiger charge is -2.10. The maximum Gasteiger partial charge on any atom is 0.254 e. The Labute approximate surface area is 148 Å². The fraction of sp³-hybridized carbons (Fsp3) is 0.222. The number of hydrogen-bond donors (Lipinski definition) is 0. The molecule has 2 aromatic carbocycles. The predicted molar refractivity (Wildman–Crippen MR) is 94.0 cm³/mol. The molecule has 0 aliphatic heterocycles. The van der Waals surface area contributed by atoms with Crippen molar-refractivity contribution in [2.24, 2.45) is 0 Å². The molecule has 3 rings (SSSR count). The van der Waals surface area contributed by atoms with E-state index in [1.807, 2.05) is 48.5 Å². The van der Waals surface area contributed by atoms with Crippen LogP contribution in [0.15, 0.2) is 57.4 Å². The number of para-hydroxylation sites is 2. The van der Waals surface area contributed by atoms with Gasteiger partial charge in [0, 0.05) is 10.0 Å². The van der Waals surface area contributed by atoms with Gasteiger partial charge in [-0.2, -0.15) is 0 Å². The van der Waals surface area contributed by atoms with Gasteiger partial charge in [0.2, 0.25) is 5.89 Å². The Kier molecular flexibility index (Phi) is 5.48. The second-order valence-corrected chi connectivity index (χ2v) is 6.01. The number of rotatable bonds is 7. The van der Waals surface area contributed by atoms with Gasteiger partial charge in [0.15, 0.2) is 18.1 Å². The maximum atomic E-state index is 5.76. The first-order valence-electron chi connectivity index (χ1n) is 7.69. The Morgan fingerprint density at radius 2 is 1.67 bits per heavy atom. The fourth-order valence-corrected chi connectivity index (χ4v) is 2.33. The van der Waals surface area contributed by atoms with Gasteiger partial charge in [0.25, 0.3) is 5.89 Å². The van der Waals surface area contributed by atoms with Crippen molar-refractivity contribution in [3.05, 3.63) is 58.9 Å².